The van der Waals surface area contributed by atoms with E-state index in [-0.39, 0.29) is 5.75 Å². The number of fused-ring (bicyclic) bond motifs is 1. The van der Waals surface area contributed by atoms with E-state index in [2.05, 4.69) is 21.4 Å². The van der Waals surface area contributed by atoms with E-state index in [0.29, 0.717) is 39.0 Å². The lowest BCUT2D eigenvalue weighted by molar-refractivity contribution is 0.475. The quantitative estimate of drug-likeness (QED) is 0.331. The normalized spacial score (nSPS) is 10.8. The van der Waals surface area contributed by atoms with Crippen LogP contribution in [0.15, 0.2) is 83.5 Å². The van der Waals surface area contributed by atoms with Crippen molar-refractivity contribution in [3.05, 3.63) is 89.7 Å². The van der Waals surface area contributed by atoms with Crippen LogP contribution in [0.3, 0.4) is 0 Å². The SMILES string of the molecule is N#Cc1ccc(-c2c(-c3ccc(Cl)cc3)oc3ncnc(Nc4cccc(O)c4)c23)cc1. The second-order valence-corrected chi connectivity index (χ2v) is 7.52. The van der Waals surface area contributed by atoms with Crippen molar-refractivity contribution in [3.63, 3.8) is 0 Å². The molecule has 0 radical (unpaired) electrons. The summed E-state index contributed by atoms with van der Waals surface area (Å²) in [5.74, 6) is 1.28. The third-order valence-electron chi connectivity index (χ3n) is 5.01. The van der Waals surface area contributed by atoms with Crippen LogP contribution in [0.2, 0.25) is 5.02 Å². The summed E-state index contributed by atoms with van der Waals surface area (Å²) in [7, 11) is 0. The number of rotatable bonds is 4. The van der Waals surface area contributed by atoms with Crippen molar-refractivity contribution in [1.29, 1.82) is 5.26 Å². The number of anilines is 2. The fraction of sp³-hybridized carbons (Fsp3) is 0. The Balaban J connectivity index is 1.76. The van der Waals surface area contributed by atoms with Gasteiger partial charge in [-0.05, 0) is 54.1 Å². The topological polar surface area (TPSA) is 95.0 Å². The number of benzene rings is 3. The van der Waals surface area contributed by atoms with E-state index >= 15 is 0 Å². The highest BCUT2D eigenvalue weighted by Gasteiger charge is 2.22. The Labute approximate surface area is 188 Å². The van der Waals surface area contributed by atoms with E-state index in [1.807, 2.05) is 30.3 Å². The van der Waals surface area contributed by atoms with Crippen LogP contribution in [0.4, 0.5) is 11.5 Å². The first kappa shape index (κ1) is 19.6. The third-order valence-corrected chi connectivity index (χ3v) is 5.26. The molecule has 7 heteroatoms. The fourth-order valence-electron chi connectivity index (χ4n) is 3.54. The van der Waals surface area contributed by atoms with Crippen LogP contribution in [-0.2, 0) is 0 Å². The number of phenols is 1. The van der Waals surface area contributed by atoms with Gasteiger partial charge in [0.15, 0.2) is 0 Å². The number of phenolic OH excluding ortho intramolecular Hbond substituents is 1. The standard InChI is InChI=1S/C25H15ClN4O2/c26-18-10-8-17(9-11-18)23-21(16-6-4-15(13-27)5-7-16)22-24(28-14-29-25(22)32-23)30-19-2-1-3-20(31)12-19/h1-12,14,31H,(H,28,29,30). The smallest absolute Gasteiger partial charge is 0.232 e. The van der Waals surface area contributed by atoms with E-state index in [1.54, 1.807) is 42.5 Å². The minimum Gasteiger partial charge on any atom is -0.508 e. The highest BCUT2D eigenvalue weighted by atomic mass is 35.5. The first-order valence-corrected chi connectivity index (χ1v) is 10.1. The maximum absolute atomic E-state index is 9.83. The second kappa shape index (κ2) is 8.06. The van der Waals surface area contributed by atoms with Crippen LogP contribution in [0, 0.1) is 11.3 Å². The molecular weight excluding hydrogens is 424 g/mol. The van der Waals surface area contributed by atoms with E-state index in [1.165, 1.54) is 6.33 Å². The molecule has 154 valence electrons. The molecule has 0 bridgehead atoms. The number of nitrogens with one attached hydrogen (secondary N) is 1. The summed E-state index contributed by atoms with van der Waals surface area (Å²) in [6.45, 7) is 0. The highest BCUT2D eigenvalue weighted by molar-refractivity contribution is 6.30. The number of aromatic nitrogens is 2. The Morgan fingerprint density at radius 2 is 1.69 bits per heavy atom. The summed E-state index contributed by atoms with van der Waals surface area (Å²) in [5.41, 5.74) is 4.10. The molecule has 6 nitrogen and oxygen atoms in total. The molecule has 0 fully saturated rings. The van der Waals surface area contributed by atoms with E-state index in [9.17, 15) is 10.4 Å². The van der Waals surface area contributed by atoms with Gasteiger partial charge in [0, 0.05) is 27.9 Å². The average Bonchev–Trinajstić information content (AvgIpc) is 3.20. The van der Waals surface area contributed by atoms with Crippen LogP contribution in [0.5, 0.6) is 5.75 Å². The van der Waals surface area contributed by atoms with Crippen molar-refractivity contribution < 1.29 is 9.52 Å². The average molecular weight is 439 g/mol. The molecule has 0 spiro atoms. The van der Waals surface area contributed by atoms with Gasteiger partial charge in [0.2, 0.25) is 5.71 Å². The van der Waals surface area contributed by atoms with E-state index in [4.69, 9.17) is 16.0 Å². The van der Waals surface area contributed by atoms with Gasteiger partial charge in [-0.2, -0.15) is 5.26 Å². The van der Waals surface area contributed by atoms with Crippen molar-refractivity contribution in [2.24, 2.45) is 0 Å². The zero-order valence-corrected chi connectivity index (χ0v) is 17.3. The number of halogens is 1. The predicted octanol–water partition coefficient (Wildman–Crippen LogP) is 6.53. The highest BCUT2D eigenvalue weighted by Crippen LogP contribution is 2.43. The van der Waals surface area contributed by atoms with Gasteiger partial charge in [-0.25, -0.2) is 9.97 Å². The van der Waals surface area contributed by atoms with Gasteiger partial charge in [0.1, 0.15) is 23.7 Å². The molecule has 0 aliphatic heterocycles. The molecule has 32 heavy (non-hydrogen) atoms. The lowest BCUT2D eigenvalue weighted by Crippen LogP contribution is -1.95. The number of nitriles is 1. The van der Waals surface area contributed by atoms with Gasteiger partial charge in [-0.1, -0.05) is 29.8 Å². The van der Waals surface area contributed by atoms with Gasteiger partial charge in [-0.3, -0.25) is 0 Å². The molecule has 0 saturated carbocycles. The zero-order valence-electron chi connectivity index (χ0n) is 16.6. The van der Waals surface area contributed by atoms with Crippen molar-refractivity contribution >= 4 is 34.2 Å². The summed E-state index contributed by atoms with van der Waals surface area (Å²) in [6.07, 6.45) is 1.42. The summed E-state index contributed by atoms with van der Waals surface area (Å²) >= 11 is 6.08. The monoisotopic (exact) mass is 438 g/mol. The number of furan rings is 1. The van der Waals surface area contributed by atoms with Crippen LogP contribution in [-0.4, -0.2) is 15.1 Å². The minimum atomic E-state index is 0.140. The molecule has 0 aliphatic carbocycles. The zero-order chi connectivity index (χ0) is 22.1. The first-order chi connectivity index (χ1) is 15.6. The Kier molecular flexibility index (Phi) is 4.94. The number of hydrogen-bond donors (Lipinski definition) is 2. The maximum atomic E-state index is 9.83. The molecule has 0 unspecified atom stereocenters. The number of nitrogens with zero attached hydrogens (tertiary/aromatic N) is 3. The Morgan fingerprint density at radius 3 is 2.41 bits per heavy atom. The molecule has 0 saturated heterocycles. The van der Waals surface area contributed by atoms with Crippen molar-refractivity contribution in [2.75, 3.05) is 5.32 Å². The number of aromatic hydroxyl groups is 1. The molecule has 2 aromatic heterocycles. The lowest BCUT2D eigenvalue weighted by atomic mass is 9.98. The first-order valence-electron chi connectivity index (χ1n) is 9.72. The third kappa shape index (κ3) is 3.62. The van der Waals surface area contributed by atoms with Crippen LogP contribution in [0.25, 0.3) is 33.6 Å². The summed E-state index contributed by atoms with van der Waals surface area (Å²) < 4.78 is 6.19. The summed E-state index contributed by atoms with van der Waals surface area (Å²) in [6, 6.07) is 23.5. The van der Waals surface area contributed by atoms with Crippen molar-refractivity contribution in [3.8, 4) is 34.3 Å². The van der Waals surface area contributed by atoms with E-state index < -0.39 is 0 Å². The molecular formula is C25H15ClN4O2. The Hall–Kier alpha value is -4.34. The molecule has 2 N–H and O–H groups in total. The van der Waals surface area contributed by atoms with Crippen LogP contribution < -0.4 is 5.32 Å². The molecule has 0 atom stereocenters. The Morgan fingerprint density at radius 1 is 0.938 bits per heavy atom. The van der Waals surface area contributed by atoms with Gasteiger partial charge < -0.3 is 14.8 Å². The molecule has 3 aromatic carbocycles. The largest absolute Gasteiger partial charge is 0.508 e. The number of hydrogen-bond acceptors (Lipinski definition) is 6. The van der Waals surface area contributed by atoms with Crippen LogP contribution >= 0.6 is 11.6 Å². The molecule has 2 heterocycles. The van der Waals surface area contributed by atoms with Crippen molar-refractivity contribution in [1.82, 2.24) is 9.97 Å². The Bertz CT molecular complexity index is 1470. The molecule has 5 rings (SSSR count). The van der Waals surface area contributed by atoms with Gasteiger partial charge in [0.05, 0.1) is 17.0 Å². The maximum Gasteiger partial charge on any atom is 0.232 e. The van der Waals surface area contributed by atoms with Gasteiger partial charge in [-0.15, -0.1) is 0 Å². The van der Waals surface area contributed by atoms with Crippen LogP contribution in [0.1, 0.15) is 5.56 Å². The summed E-state index contributed by atoms with van der Waals surface area (Å²) in [5, 5.41) is 23.6. The predicted molar refractivity (Wildman–Crippen MR) is 124 cm³/mol. The fourth-order valence-corrected chi connectivity index (χ4v) is 3.67. The van der Waals surface area contributed by atoms with E-state index in [0.717, 1.165) is 16.7 Å². The lowest BCUT2D eigenvalue weighted by Gasteiger charge is -2.09. The van der Waals surface area contributed by atoms with Crippen molar-refractivity contribution in [2.45, 2.75) is 0 Å². The molecule has 0 aliphatic rings. The molecule has 5 aromatic rings. The van der Waals surface area contributed by atoms with Gasteiger partial charge >= 0.3 is 0 Å². The van der Waals surface area contributed by atoms with Gasteiger partial charge in [0.25, 0.3) is 0 Å². The second-order valence-electron chi connectivity index (χ2n) is 7.08. The summed E-state index contributed by atoms with van der Waals surface area (Å²) in [4.78, 5) is 8.77. The minimum absolute atomic E-state index is 0.140. The molecule has 0 amide bonds.